The van der Waals surface area contributed by atoms with Gasteiger partial charge in [-0.2, -0.15) is 0 Å². The van der Waals surface area contributed by atoms with E-state index in [1.807, 2.05) is 18.2 Å². The monoisotopic (exact) mass is 322 g/mol. The van der Waals surface area contributed by atoms with Crippen LogP contribution in [0.1, 0.15) is 12.5 Å². The fourth-order valence-corrected chi connectivity index (χ4v) is 1.52. The Bertz CT molecular complexity index is 332. The van der Waals surface area contributed by atoms with Crippen molar-refractivity contribution in [3.05, 3.63) is 38.8 Å². The maximum absolute atomic E-state index is 5.95. The molecule has 0 heterocycles. The number of hydrogen-bond donors (Lipinski definition) is 0. The smallest absolute Gasteiger partial charge is 0.0554 e. The van der Waals surface area contributed by atoms with Gasteiger partial charge in [0.25, 0.3) is 0 Å². The molecule has 0 aliphatic rings. The van der Waals surface area contributed by atoms with Crippen molar-refractivity contribution in [1.29, 1.82) is 0 Å². The van der Waals surface area contributed by atoms with Gasteiger partial charge in [0, 0.05) is 9.80 Å². The van der Waals surface area contributed by atoms with Gasteiger partial charge in [-0.05, 0) is 40.5 Å². The van der Waals surface area contributed by atoms with Crippen molar-refractivity contribution in [2.45, 2.75) is 6.92 Å². The minimum Gasteiger partial charge on any atom is -0.0880 e. The summed E-state index contributed by atoms with van der Waals surface area (Å²) in [6, 6.07) is 5.93. The average Bonchev–Trinajstić information content (AvgIpc) is 2.11. The molecule has 0 saturated carbocycles. The Balaban J connectivity index is 2.98. The van der Waals surface area contributed by atoms with Gasteiger partial charge in [-0.25, -0.2) is 0 Å². The van der Waals surface area contributed by atoms with Gasteiger partial charge in [0.2, 0.25) is 0 Å². The summed E-state index contributed by atoms with van der Waals surface area (Å²) >= 11 is 12.7. The summed E-state index contributed by atoms with van der Waals surface area (Å²) in [5.41, 5.74) is 2.41. The Morgan fingerprint density at radius 3 is 2.77 bits per heavy atom. The van der Waals surface area contributed by atoms with Crippen LogP contribution in [0.3, 0.4) is 0 Å². The first kappa shape index (κ1) is 11.3. The van der Waals surface area contributed by atoms with Crippen LogP contribution in [0.4, 0.5) is 0 Å². The second-order valence-electron chi connectivity index (χ2n) is 2.80. The number of halogens is 3. The summed E-state index contributed by atoms with van der Waals surface area (Å²) in [6.07, 6.45) is 2.10. The van der Waals surface area contributed by atoms with E-state index in [0.29, 0.717) is 0 Å². The van der Waals surface area contributed by atoms with Gasteiger partial charge in [0.15, 0.2) is 0 Å². The summed E-state index contributed by atoms with van der Waals surface area (Å²) in [4.78, 5) is 0. The molecule has 0 bridgehead atoms. The Morgan fingerprint density at radius 1 is 1.54 bits per heavy atom. The lowest BCUT2D eigenvalue weighted by Gasteiger charge is -1.99. The first-order chi connectivity index (χ1) is 6.13. The van der Waals surface area contributed by atoms with E-state index in [2.05, 4.69) is 44.9 Å². The molecule has 0 unspecified atom stereocenters. The molecule has 0 N–H and O–H groups in total. The molecule has 1 rings (SSSR count). The van der Waals surface area contributed by atoms with E-state index in [9.17, 15) is 0 Å². The standard InChI is InChI=1S/C10H9Br2Cl/c1-7(6-11)4-8-2-3-9(12)10(13)5-8/h2-5H,6H2,1H3/b7-4-. The minimum atomic E-state index is 0.746. The van der Waals surface area contributed by atoms with Crippen molar-refractivity contribution in [2.24, 2.45) is 0 Å². The number of allylic oxidation sites excluding steroid dienone is 1. The molecule has 0 radical (unpaired) electrons. The van der Waals surface area contributed by atoms with Gasteiger partial charge in [-0.3, -0.25) is 0 Å². The zero-order valence-corrected chi connectivity index (χ0v) is 11.1. The lowest BCUT2D eigenvalue weighted by atomic mass is 10.1. The van der Waals surface area contributed by atoms with Crippen molar-refractivity contribution >= 4 is 49.5 Å². The maximum Gasteiger partial charge on any atom is 0.0554 e. The number of alkyl halides is 1. The molecule has 0 atom stereocenters. The van der Waals surface area contributed by atoms with Crippen molar-refractivity contribution in [3.63, 3.8) is 0 Å². The highest BCUT2D eigenvalue weighted by Crippen LogP contribution is 2.24. The van der Waals surface area contributed by atoms with E-state index >= 15 is 0 Å². The topological polar surface area (TPSA) is 0 Å². The molecule has 0 aliphatic carbocycles. The first-order valence-corrected chi connectivity index (χ1v) is 6.11. The number of benzene rings is 1. The SMILES string of the molecule is C/C(=C/c1ccc(Br)c(Cl)c1)CBr. The van der Waals surface area contributed by atoms with Crippen LogP contribution in [0.5, 0.6) is 0 Å². The van der Waals surface area contributed by atoms with Crippen molar-refractivity contribution in [2.75, 3.05) is 5.33 Å². The van der Waals surface area contributed by atoms with Gasteiger partial charge in [-0.1, -0.05) is 45.2 Å². The van der Waals surface area contributed by atoms with Crippen LogP contribution in [0.25, 0.3) is 6.08 Å². The first-order valence-electron chi connectivity index (χ1n) is 3.81. The van der Waals surface area contributed by atoms with E-state index in [1.165, 1.54) is 5.57 Å². The Hall–Kier alpha value is 0.210. The van der Waals surface area contributed by atoms with E-state index < -0.39 is 0 Å². The van der Waals surface area contributed by atoms with E-state index in [0.717, 1.165) is 20.4 Å². The van der Waals surface area contributed by atoms with E-state index in [-0.39, 0.29) is 0 Å². The van der Waals surface area contributed by atoms with Gasteiger partial charge in [-0.15, -0.1) is 0 Å². The molecule has 0 aliphatic heterocycles. The highest BCUT2D eigenvalue weighted by Gasteiger charge is 1.96. The largest absolute Gasteiger partial charge is 0.0880 e. The van der Waals surface area contributed by atoms with Gasteiger partial charge in [0.1, 0.15) is 0 Å². The third-order valence-corrected chi connectivity index (χ3v) is 3.68. The van der Waals surface area contributed by atoms with Crippen LogP contribution < -0.4 is 0 Å². The fourth-order valence-electron chi connectivity index (χ4n) is 0.925. The molecule has 70 valence electrons. The zero-order valence-electron chi connectivity index (χ0n) is 7.15. The molecule has 0 aromatic heterocycles. The predicted octanol–water partition coefficient (Wildman–Crippen LogP) is 4.90. The third-order valence-electron chi connectivity index (χ3n) is 1.57. The van der Waals surface area contributed by atoms with Crippen LogP contribution in [0.2, 0.25) is 5.02 Å². The molecule has 0 fully saturated rings. The Labute approximate surface area is 100 Å². The van der Waals surface area contributed by atoms with Gasteiger partial charge < -0.3 is 0 Å². The van der Waals surface area contributed by atoms with Crippen LogP contribution >= 0.6 is 43.5 Å². The van der Waals surface area contributed by atoms with E-state index in [4.69, 9.17) is 11.6 Å². The Kier molecular flexibility index (Phi) is 4.50. The molecular formula is C10H9Br2Cl. The van der Waals surface area contributed by atoms with Crippen molar-refractivity contribution in [3.8, 4) is 0 Å². The average molecular weight is 324 g/mol. The molecule has 1 aromatic rings. The van der Waals surface area contributed by atoms with Gasteiger partial charge in [0.05, 0.1) is 5.02 Å². The highest BCUT2D eigenvalue weighted by molar-refractivity contribution is 9.10. The van der Waals surface area contributed by atoms with Crippen LogP contribution in [-0.2, 0) is 0 Å². The second kappa shape index (κ2) is 5.18. The highest BCUT2D eigenvalue weighted by atomic mass is 79.9. The summed E-state index contributed by atoms with van der Waals surface area (Å²) < 4.78 is 0.933. The summed E-state index contributed by atoms with van der Waals surface area (Å²) in [5, 5.41) is 1.64. The fraction of sp³-hybridized carbons (Fsp3) is 0.200. The molecule has 0 spiro atoms. The maximum atomic E-state index is 5.95. The van der Waals surface area contributed by atoms with Crippen molar-refractivity contribution in [1.82, 2.24) is 0 Å². The van der Waals surface area contributed by atoms with Gasteiger partial charge >= 0.3 is 0 Å². The van der Waals surface area contributed by atoms with E-state index in [1.54, 1.807) is 0 Å². The summed E-state index contributed by atoms with van der Waals surface area (Å²) in [5.74, 6) is 0. The number of rotatable bonds is 2. The lowest BCUT2D eigenvalue weighted by Crippen LogP contribution is -1.78. The molecule has 0 saturated heterocycles. The second-order valence-corrected chi connectivity index (χ2v) is 4.62. The molecule has 3 heteroatoms. The molecule has 0 nitrogen and oxygen atoms in total. The number of hydrogen-bond acceptors (Lipinski definition) is 0. The third kappa shape index (κ3) is 3.45. The Morgan fingerprint density at radius 2 is 2.23 bits per heavy atom. The summed E-state index contributed by atoms with van der Waals surface area (Å²) in [6.45, 7) is 2.07. The molecule has 0 amide bonds. The molecule has 13 heavy (non-hydrogen) atoms. The zero-order chi connectivity index (χ0) is 9.84. The van der Waals surface area contributed by atoms with Crippen molar-refractivity contribution < 1.29 is 0 Å². The van der Waals surface area contributed by atoms with Crippen LogP contribution in [-0.4, -0.2) is 5.33 Å². The van der Waals surface area contributed by atoms with Crippen LogP contribution in [0, 0.1) is 0 Å². The quantitative estimate of drug-likeness (QED) is 0.679. The lowest BCUT2D eigenvalue weighted by molar-refractivity contribution is 1.45. The van der Waals surface area contributed by atoms with Crippen LogP contribution in [0.15, 0.2) is 28.2 Å². The normalized spacial score (nSPS) is 11.8. The minimum absolute atomic E-state index is 0.746. The molecular weight excluding hydrogens is 315 g/mol. The predicted molar refractivity (Wildman–Crippen MR) is 66.6 cm³/mol. The molecule has 1 aromatic carbocycles. The summed E-state index contributed by atoms with van der Waals surface area (Å²) in [7, 11) is 0.